The SMILES string of the molecule is CCOC(C)=O.O=C(O)c1ccccc1C(=O)O. The van der Waals surface area contributed by atoms with E-state index in [2.05, 4.69) is 4.74 Å². The van der Waals surface area contributed by atoms with Crippen molar-refractivity contribution in [2.24, 2.45) is 0 Å². The molecule has 0 spiro atoms. The highest BCUT2D eigenvalue weighted by molar-refractivity contribution is 6.01. The Hall–Kier alpha value is -2.37. The van der Waals surface area contributed by atoms with Crippen molar-refractivity contribution in [3.05, 3.63) is 35.4 Å². The highest BCUT2D eigenvalue weighted by atomic mass is 16.5. The zero-order chi connectivity index (χ0) is 14.1. The highest BCUT2D eigenvalue weighted by Crippen LogP contribution is 2.07. The number of hydrogen-bond acceptors (Lipinski definition) is 4. The molecule has 6 heteroatoms. The molecule has 0 unspecified atom stereocenters. The third-order valence-corrected chi connectivity index (χ3v) is 1.74. The van der Waals surface area contributed by atoms with Gasteiger partial charge < -0.3 is 14.9 Å². The van der Waals surface area contributed by atoms with E-state index in [1.54, 1.807) is 6.92 Å². The monoisotopic (exact) mass is 254 g/mol. The van der Waals surface area contributed by atoms with Gasteiger partial charge in [-0.05, 0) is 19.1 Å². The molecular formula is C12H14O6. The number of rotatable bonds is 3. The third kappa shape index (κ3) is 5.64. The number of benzene rings is 1. The minimum atomic E-state index is -1.23. The summed E-state index contributed by atoms with van der Waals surface area (Å²) < 4.78 is 4.40. The maximum atomic E-state index is 10.5. The van der Waals surface area contributed by atoms with Crippen LogP contribution in [-0.4, -0.2) is 34.7 Å². The van der Waals surface area contributed by atoms with Gasteiger partial charge >= 0.3 is 17.9 Å². The van der Waals surface area contributed by atoms with E-state index in [-0.39, 0.29) is 17.1 Å². The smallest absolute Gasteiger partial charge is 0.336 e. The van der Waals surface area contributed by atoms with Crippen LogP contribution in [0, 0.1) is 0 Å². The van der Waals surface area contributed by atoms with E-state index in [0.29, 0.717) is 6.61 Å². The van der Waals surface area contributed by atoms with Crippen molar-refractivity contribution in [3.8, 4) is 0 Å². The minimum absolute atomic E-state index is 0.190. The summed E-state index contributed by atoms with van der Waals surface area (Å²) in [7, 11) is 0. The molecule has 18 heavy (non-hydrogen) atoms. The first-order valence-corrected chi connectivity index (χ1v) is 5.09. The van der Waals surface area contributed by atoms with Gasteiger partial charge in [-0.2, -0.15) is 0 Å². The molecule has 1 rings (SSSR count). The minimum Gasteiger partial charge on any atom is -0.478 e. The first-order chi connectivity index (χ1) is 8.40. The molecule has 0 amide bonds. The van der Waals surface area contributed by atoms with Gasteiger partial charge in [-0.3, -0.25) is 4.79 Å². The van der Waals surface area contributed by atoms with Gasteiger partial charge in [-0.15, -0.1) is 0 Å². The van der Waals surface area contributed by atoms with Crippen molar-refractivity contribution >= 4 is 17.9 Å². The number of carbonyl (C=O) groups is 3. The predicted octanol–water partition coefficient (Wildman–Crippen LogP) is 1.65. The van der Waals surface area contributed by atoms with Crippen LogP contribution >= 0.6 is 0 Å². The Morgan fingerprint density at radius 1 is 1.06 bits per heavy atom. The lowest BCUT2D eigenvalue weighted by Gasteiger charge is -1.98. The molecule has 1 aromatic rings. The van der Waals surface area contributed by atoms with Gasteiger partial charge in [0.15, 0.2) is 0 Å². The van der Waals surface area contributed by atoms with Gasteiger partial charge in [-0.25, -0.2) is 9.59 Å². The first-order valence-electron chi connectivity index (χ1n) is 5.09. The molecular weight excluding hydrogens is 240 g/mol. The van der Waals surface area contributed by atoms with Gasteiger partial charge in [0.25, 0.3) is 0 Å². The lowest BCUT2D eigenvalue weighted by Crippen LogP contribution is -2.06. The van der Waals surface area contributed by atoms with Gasteiger partial charge in [0, 0.05) is 6.92 Å². The van der Waals surface area contributed by atoms with Crippen molar-refractivity contribution in [2.75, 3.05) is 6.61 Å². The van der Waals surface area contributed by atoms with Gasteiger partial charge in [-0.1, -0.05) is 12.1 Å². The Labute approximate surface area is 104 Å². The number of ether oxygens (including phenoxy) is 1. The summed E-state index contributed by atoms with van der Waals surface area (Å²) in [6.07, 6.45) is 0. The number of esters is 1. The van der Waals surface area contributed by atoms with Crippen LogP contribution in [0.5, 0.6) is 0 Å². The molecule has 0 aliphatic heterocycles. The molecule has 98 valence electrons. The normalized spacial score (nSPS) is 8.78. The van der Waals surface area contributed by atoms with E-state index < -0.39 is 11.9 Å². The van der Waals surface area contributed by atoms with Crippen LogP contribution in [0.3, 0.4) is 0 Å². The molecule has 0 atom stereocenters. The molecule has 0 aliphatic carbocycles. The summed E-state index contributed by atoms with van der Waals surface area (Å²) in [6, 6.07) is 5.48. The quantitative estimate of drug-likeness (QED) is 0.795. The Bertz CT molecular complexity index is 405. The van der Waals surface area contributed by atoms with Gasteiger partial charge in [0.2, 0.25) is 0 Å². The van der Waals surface area contributed by atoms with Crippen molar-refractivity contribution in [3.63, 3.8) is 0 Å². The fraction of sp³-hybridized carbons (Fsp3) is 0.250. The fourth-order valence-electron chi connectivity index (χ4n) is 1.06. The summed E-state index contributed by atoms with van der Waals surface area (Å²) in [4.78, 5) is 30.7. The van der Waals surface area contributed by atoms with Crippen LogP contribution in [0.4, 0.5) is 0 Å². The van der Waals surface area contributed by atoms with Crippen molar-refractivity contribution < 1.29 is 29.3 Å². The zero-order valence-electron chi connectivity index (χ0n) is 10.0. The average Bonchev–Trinajstić information content (AvgIpc) is 2.29. The average molecular weight is 254 g/mol. The van der Waals surface area contributed by atoms with E-state index in [0.717, 1.165) is 0 Å². The lowest BCUT2D eigenvalue weighted by molar-refractivity contribution is -0.140. The Balaban J connectivity index is 0.000000411. The van der Waals surface area contributed by atoms with Crippen LogP contribution in [0.15, 0.2) is 24.3 Å². The predicted molar refractivity (Wildman–Crippen MR) is 62.7 cm³/mol. The maximum Gasteiger partial charge on any atom is 0.336 e. The first kappa shape index (κ1) is 15.6. The second-order valence-electron chi connectivity index (χ2n) is 3.08. The second kappa shape index (κ2) is 7.83. The van der Waals surface area contributed by atoms with Crippen LogP contribution in [-0.2, 0) is 9.53 Å². The second-order valence-corrected chi connectivity index (χ2v) is 3.08. The van der Waals surface area contributed by atoms with Crippen LogP contribution < -0.4 is 0 Å². The maximum absolute atomic E-state index is 10.5. The molecule has 0 aromatic heterocycles. The standard InChI is InChI=1S/C8H6O4.C4H8O2/c9-7(10)5-3-1-2-4-6(5)8(11)12;1-3-6-4(2)5/h1-4H,(H,9,10)(H,11,12);3H2,1-2H3. The molecule has 1 aromatic carbocycles. The highest BCUT2D eigenvalue weighted by Gasteiger charge is 2.13. The number of carbonyl (C=O) groups excluding carboxylic acids is 1. The number of hydrogen-bond donors (Lipinski definition) is 2. The Morgan fingerprint density at radius 3 is 1.61 bits per heavy atom. The van der Waals surface area contributed by atoms with Gasteiger partial charge in [0.05, 0.1) is 17.7 Å². The van der Waals surface area contributed by atoms with Crippen molar-refractivity contribution in [2.45, 2.75) is 13.8 Å². The Morgan fingerprint density at radius 2 is 1.44 bits per heavy atom. The molecule has 0 fully saturated rings. The largest absolute Gasteiger partial charge is 0.478 e. The molecule has 6 nitrogen and oxygen atoms in total. The number of carboxylic acids is 2. The van der Waals surface area contributed by atoms with E-state index in [9.17, 15) is 14.4 Å². The molecule has 0 bridgehead atoms. The molecule has 0 saturated heterocycles. The number of aromatic carboxylic acids is 2. The van der Waals surface area contributed by atoms with E-state index in [1.807, 2.05) is 0 Å². The fourth-order valence-corrected chi connectivity index (χ4v) is 1.06. The molecule has 0 radical (unpaired) electrons. The summed E-state index contributed by atoms with van der Waals surface area (Å²) in [6.45, 7) is 3.65. The van der Waals surface area contributed by atoms with E-state index >= 15 is 0 Å². The third-order valence-electron chi connectivity index (χ3n) is 1.74. The summed E-state index contributed by atoms with van der Waals surface area (Å²) in [5.74, 6) is -2.67. The molecule has 0 heterocycles. The van der Waals surface area contributed by atoms with Crippen LogP contribution in [0.25, 0.3) is 0 Å². The van der Waals surface area contributed by atoms with Gasteiger partial charge in [0.1, 0.15) is 0 Å². The van der Waals surface area contributed by atoms with Crippen LogP contribution in [0.1, 0.15) is 34.6 Å². The van der Waals surface area contributed by atoms with E-state index in [1.165, 1.54) is 31.2 Å². The van der Waals surface area contributed by atoms with Crippen molar-refractivity contribution in [1.82, 2.24) is 0 Å². The molecule has 0 aliphatic rings. The molecule has 2 N–H and O–H groups in total. The summed E-state index contributed by atoms with van der Waals surface area (Å²) in [5, 5.41) is 17.1. The van der Waals surface area contributed by atoms with Crippen LogP contribution in [0.2, 0.25) is 0 Å². The summed E-state index contributed by atoms with van der Waals surface area (Å²) in [5.41, 5.74) is -0.380. The van der Waals surface area contributed by atoms with E-state index in [4.69, 9.17) is 10.2 Å². The Kier molecular flexibility index (Phi) is 6.80. The summed E-state index contributed by atoms with van der Waals surface area (Å²) >= 11 is 0. The topological polar surface area (TPSA) is 101 Å². The zero-order valence-corrected chi connectivity index (χ0v) is 10.0. The van der Waals surface area contributed by atoms with Crippen molar-refractivity contribution in [1.29, 1.82) is 0 Å². The lowest BCUT2D eigenvalue weighted by atomic mass is 10.1. The number of carboxylic acid groups (broad SMARTS) is 2. The molecule has 0 saturated carbocycles.